The second-order valence-electron chi connectivity index (χ2n) is 8.06. The van der Waals surface area contributed by atoms with E-state index in [-0.39, 0.29) is 11.8 Å². The summed E-state index contributed by atoms with van der Waals surface area (Å²) in [5.74, 6) is 0.479. The number of carbonyl (C=O) groups excluding carboxylic acids is 2. The van der Waals surface area contributed by atoms with Gasteiger partial charge in [0.25, 0.3) is 11.8 Å². The third kappa shape index (κ3) is 5.21. The number of benzene rings is 3. The Hall–Kier alpha value is -3.03. The molecule has 3 aromatic carbocycles. The van der Waals surface area contributed by atoms with E-state index < -0.39 is 0 Å². The van der Waals surface area contributed by atoms with Gasteiger partial charge in [-0.2, -0.15) is 0 Å². The van der Waals surface area contributed by atoms with E-state index in [4.69, 9.17) is 16.3 Å². The van der Waals surface area contributed by atoms with Crippen molar-refractivity contribution in [1.82, 2.24) is 4.90 Å². The zero-order valence-electron chi connectivity index (χ0n) is 19.0. The highest BCUT2D eigenvalue weighted by Crippen LogP contribution is 2.31. The molecule has 0 radical (unpaired) electrons. The maximum Gasteiger partial charge on any atom is 0.255 e. The van der Waals surface area contributed by atoms with Gasteiger partial charge in [-0.3, -0.25) is 9.59 Å². The van der Waals surface area contributed by atoms with Crippen LogP contribution in [0.1, 0.15) is 26.3 Å². The van der Waals surface area contributed by atoms with Crippen molar-refractivity contribution in [2.45, 2.75) is 6.92 Å². The number of aryl methyl sites for hydroxylation is 1. The SMILES string of the molecule is COc1ccc(C(=O)Nc2ccc(N3CCN(C(=O)c4ccccc4C)CC3)c(Cl)c2)cc1Br. The van der Waals surface area contributed by atoms with E-state index >= 15 is 0 Å². The van der Waals surface area contributed by atoms with Crippen LogP contribution in [-0.4, -0.2) is 50.0 Å². The summed E-state index contributed by atoms with van der Waals surface area (Å²) in [7, 11) is 1.57. The van der Waals surface area contributed by atoms with Crippen LogP contribution in [0.5, 0.6) is 5.75 Å². The molecule has 34 heavy (non-hydrogen) atoms. The van der Waals surface area contributed by atoms with E-state index in [0.717, 1.165) is 16.8 Å². The predicted molar refractivity (Wildman–Crippen MR) is 139 cm³/mol. The van der Waals surface area contributed by atoms with Crippen LogP contribution in [-0.2, 0) is 0 Å². The van der Waals surface area contributed by atoms with E-state index in [9.17, 15) is 9.59 Å². The molecule has 1 N–H and O–H groups in total. The molecule has 6 nitrogen and oxygen atoms in total. The monoisotopic (exact) mass is 541 g/mol. The molecule has 8 heteroatoms. The summed E-state index contributed by atoms with van der Waals surface area (Å²) in [4.78, 5) is 29.6. The Balaban J connectivity index is 1.39. The Morgan fingerprint density at radius 1 is 1.00 bits per heavy atom. The van der Waals surface area contributed by atoms with E-state index in [1.165, 1.54) is 0 Å². The van der Waals surface area contributed by atoms with E-state index in [1.807, 2.05) is 48.2 Å². The number of hydrogen-bond donors (Lipinski definition) is 1. The van der Waals surface area contributed by atoms with E-state index in [1.54, 1.807) is 31.4 Å². The maximum absolute atomic E-state index is 12.9. The number of hydrogen-bond acceptors (Lipinski definition) is 4. The summed E-state index contributed by atoms with van der Waals surface area (Å²) >= 11 is 9.97. The van der Waals surface area contributed by atoms with Crippen molar-refractivity contribution in [3.8, 4) is 5.75 Å². The first kappa shape index (κ1) is 24.1. The molecule has 1 aliphatic heterocycles. The smallest absolute Gasteiger partial charge is 0.255 e. The molecule has 2 amide bonds. The average molecular weight is 543 g/mol. The van der Waals surface area contributed by atoms with Crippen LogP contribution in [0.2, 0.25) is 5.02 Å². The van der Waals surface area contributed by atoms with Crippen LogP contribution in [0.3, 0.4) is 0 Å². The number of methoxy groups -OCH3 is 1. The fraction of sp³-hybridized carbons (Fsp3) is 0.231. The molecule has 1 saturated heterocycles. The van der Waals surface area contributed by atoms with Crippen molar-refractivity contribution in [1.29, 1.82) is 0 Å². The van der Waals surface area contributed by atoms with Gasteiger partial charge in [-0.25, -0.2) is 0 Å². The third-order valence-electron chi connectivity index (χ3n) is 5.90. The first-order valence-electron chi connectivity index (χ1n) is 10.9. The molecule has 1 heterocycles. The van der Waals surface area contributed by atoms with Gasteiger partial charge in [0.2, 0.25) is 0 Å². The minimum atomic E-state index is -0.240. The van der Waals surface area contributed by atoms with Gasteiger partial charge in [-0.05, 0) is 70.9 Å². The number of piperazine rings is 1. The van der Waals surface area contributed by atoms with Gasteiger partial charge in [-0.1, -0.05) is 29.8 Å². The standard InChI is InChI=1S/C26H25BrClN3O3/c1-17-5-3-4-6-20(17)26(33)31-13-11-30(12-14-31)23-9-8-19(16-22(23)28)29-25(32)18-7-10-24(34-2)21(27)15-18/h3-10,15-16H,11-14H2,1-2H3,(H,29,32). The minimum Gasteiger partial charge on any atom is -0.496 e. The Labute approximate surface area is 212 Å². The average Bonchev–Trinajstić information content (AvgIpc) is 2.84. The molecule has 176 valence electrons. The highest BCUT2D eigenvalue weighted by Gasteiger charge is 2.24. The van der Waals surface area contributed by atoms with Crippen molar-refractivity contribution in [3.63, 3.8) is 0 Å². The van der Waals surface area contributed by atoms with Gasteiger partial charge in [0.05, 0.1) is 22.3 Å². The molecule has 0 spiro atoms. The van der Waals surface area contributed by atoms with Crippen molar-refractivity contribution in [2.75, 3.05) is 43.5 Å². The van der Waals surface area contributed by atoms with Gasteiger partial charge < -0.3 is 19.9 Å². The lowest BCUT2D eigenvalue weighted by Crippen LogP contribution is -2.49. The van der Waals surface area contributed by atoms with Gasteiger partial charge in [0.15, 0.2) is 0 Å². The molecule has 1 fully saturated rings. The van der Waals surface area contributed by atoms with Gasteiger partial charge in [-0.15, -0.1) is 0 Å². The highest BCUT2D eigenvalue weighted by molar-refractivity contribution is 9.10. The molecule has 0 aromatic heterocycles. The van der Waals surface area contributed by atoms with Crippen LogP contribution in [0.15, 0.2) is 65.1 Å². The topological polar surface area (TPSA) is 61.9 Å². The minimum absolute atomic E-state index is 0.0621. The second kappa shape index (κ2) is 10.5. The summed E-state index contributed by atoms with van der Waals surface area (Å²) in [6.07, 6.45) is 0. The predicted octanol–water partition coefficient (Wildman–Crippen LogP) is 5.63. The Kier molecular flexibility index (Phi) is 7.44. The molecule has 0 bridgehead atoms. The van der Waals surface area contributed by atoms with Crippen LogP contribution < -0.4 is 15.0 Å². The number of rotatable bonds is 5. The number of nitrogens with one attached hydrogen (secondary N) is 1. The van der Waals surface area contributed by atoms with Crippen molar-refractivity contribution in [2.24, 2.45) is 0 Å². The van der Waals surface area contributed by atoms with Crippen LogP contribution >= 0.6 is 27.5 Å². The number of anilines is 2. The third-order valence-corrected chi connectivity index (χ3v) is 6.83. The normalized spacial score (nSPS) is 13.5. The number of ether oxygens (including phenoxy) is 1. The molecular weight excluding hydrogens is 518 g/mol. The zero-order chi connectivity index (χ0) is 24.2. The fourth-order valence-corrected chi connectivity index (χ4v) is 4.83. The van der Waals surface area contributed by atoms with Gasteiger partial charge in [0.1, 0.15) is 5.75 Å². The molecule has 0 saturated carbocycles. The van der Waals surface area contributed by atoms with Crippen molar-refractivity contribution < 1.29 is 14.3 Å². The lowest BCUT2D eigenvalue weighted by molar-refractivity contribution is 0.0746. The van der Waals surface area contributed by atoms with Gasteiger partial charge in [0, 0.05) is 43.0 Å². The molecule has 0 unspecified atom stereocenters. The largest absolute Gasteiger partial charge is 0.496 e. The number of carbonyl (C=O) groups is 2. The molecular formula is C26H25BrClN3O3. The summed E-state index contributed by atoms with van der Waals surface area (Å²) in [5, 5.41) is 3.43. The maximum atomic E-state index is 12.9. The molecule has 1 aliphatic rings. The molecule has 0 atom stereocenters. The quantitative estimate of drug-likeness (QED) is 0.454. The lowest BCUT2D eigenvalue weighted by Gasteiger charge is -2.36. The van der Waals surface area contributed by atoms with Gasteiger partial charge >= 0.3 is 0 Å². The van der Waals surface area contributed by atoms with Crippen LogP contribution in [0.4, 0.5) is 11.4 Å². The Morgan fingerprint density at radius 3 is 2.38 bits per heavy atom. The summed E-state index contributed by atoms with van der Waals surface area (Å²) in [6, 6.07) is 18.3. The zero-order valence-corrected chi connectivity index (χ0v) is 21.3. The van der Waals surface area contributed by atoms with Crippen molar-refractivity contribution in [3.05, 3.63) is 86.8 Å². The number of halogens is 2. The summed E-state index contributed by atoms with van der Waals surface area (Å²) in [5.41, 5.74) is 3.73. The molecule has 3 aromatic rings. The Bertz CT molecular complexity index is 1230. The van der Waals surface area contributed by atoms with Crippen molar-refractivity contribution >= 4 is 50.7 Å². The molecule has 4 rings (SSSR count). The number of amides is 2. The Morgan fingerprint density at radius 2 is 1.74 bits per heavy atom. The summed E-state index contributed by atoms with van der Waals surface area (Å²) in [6.45, 7) is 4.56. The molecule has 0 aliphatic carbocycles. The van der Waals surface area contributed by atoms with Crippen LogP contribution in [0.25, 0.3) is 0 Å². The van der Waals surface area contributed by atoms with E-state index in [0.29, 0.717) is 52.7 Å². The van der Waals surface area contributed by atoms with Crippen LogP contribution in [0, 0.1) is 6.92 Å². The first-order chi connectivity index (χ1) is 16.4. The second-order valence-corrected chi connectivity index (χ2v) is 9.33. The van der Waals surface area contributed by atoms with E-state index in [2.05, 4.69) is 26.1 Å². The first-order valence-corrected chi connectivity index (χ1v) is 12.1. The fourth-order valence-electron chi connectivity index (χ4n) is 3.99. The highest BCUT2D eigenvalue weighted by atomic mass is 79.9. The lowest BCUT2D eigenvalue weighted by atomic mass is 10.1. The summed E-state index contributed by atoms with van der Waals surface area (Å²) < 4.78 is 5.91. The number of nitrogens with zero attached hydrogens (tertiary/aromatic N) is 2.